The molecule has 3 rings (SSSR count). The molecule has 0 bridgehead atoms. The maximum Gasteiger partial charge on any atom is 0.321 e. The van der Waals surface area contributed by atoms with Crippen molar-refractivity contribution in [3.63, 3.8) is 0 Å². The average molecular weight is 479 g/mol. The second-order valence-corrected chi connectivity index (χ2v) is 9.16. The summed E-state index contributed by atoms with van der Waals surface area (Å²) in [4.78, 5) is 41.2. The molecule has 2 aliphatic heterocycles. The van der Waals surface area contributed by atoms with Crippen LogP contribution in [0.25, 0.3) is 0 Å². The molecule has 2 unspecified atom stereocenters. The normalized spacial score (nSPS) is 24.9. The molecule has 190 valence electrons. The lowest BCUT2D eigenvalue weighted by Crippen LogP contribution is -2.43. The number of amides is 1. The van der Waals surface area contributed by atoms with E-state index in [0.29, 0.717) is 26.2 Å². The Hall–Kier alpha value is -2.19. The minimum absolute atomic E-state index is 0.0443. The third kappa shape index (κ3) is 9.58. The Morgan fingerprint density at radius 2 is 1.94 bits per heavy atom. The Balaban J connectivity index is 1.34. The predicted octanol–water partition coefficient (Wildman–Crippen LogP) is 0.123. The number of nitrogens with one attached hydrogen (secondary N) is 1. The first kappa shape index (κ1) is 26.4. The zero-order chi connectivity index (χ0) is 24.2. The quantitative estimate of drug-likeness (QED) is 0.257. The Kier molecular flexibility index (Phi) is 11.1. The number of carboxylic acid groups (broad SMARTS) is 1. The van der Waals surface area contributed by atoms with E-state index in [1.165, 1.54) is 6.42 Å². The molecule has 0 saturated carbocycles. The van der Waals surface area contributed by atoms with Gasteiger partial charge in [0.1, 0.15) is 12.7 Å². The SMILES string of the molecule is O=C(O)CN1CCN(CCCCNC(=O)COC2C#CCCCCC2)CCN2CC(=O)OC2C1. The monoisotopic (exact) mass is 478 g/mol. The highest BCUT2D eigenvalue weighted by molar-refractivity contribution is 5.77. The summed E-state index contributed by atoms with van der Waals surface area (Å²) in [6, 6.07) is 0. The standard InChI is InChI=1S/C24H38N4O6/c29-21(19-33-20-8-4-2-1-3-5-9-20)25-10-6-7-11-26-12-13-27(17-23(30)31)16-22-28(15-14-26)18-24(32)34-22/h20,22H,1-4,6-8,10-19H2,(H,25,29)(H,30,31). The number of hydrogen-bond acceptors (Lipinski definition) is 8. The van der Waals surface area contributed by atoms with Crippen LogP contribution in [0.3, 0.4) is 0 Å². The van der Waals surface area contributed by atoms with E-state index in [1.807, 2.05) is 9.80 Å². The molecule has 1 amide bonds. The van der Waals surface area contributed by atoms with Gasteiger partial charge >= 0.3 is 11.9 Å². The van der Waals surface area contributed by atoms with Gasteiger partial charge in [-0.05, 0) is 38.6 Å². The van der Waals surface area contributed by atoms with E-state index in [0.717, 1.165) is 58.2 Å². The van der Waals surface area contributed by atoms with Gasteiger partial charge in [0.2, 0.25) is 5.91 Å². The van der Waals surface area contributed by atoms with Crippen LogP contribution >= 0.6 is 0 Å². The second kappa shape index (κ2) is 14.3. The van der Waals surface area contributed by atoms with Crippen molar-refractivity contribution in [2.45, 2.75) is 57.3 Å². The van der Waals surface area contributed by atoms with Crippen LogP contribution in [0, 0.1) is 11.8 Å². The number of carbonyl (C=O) groups is 3. The van der Waals surface area contributed by atoms with E-state index >= 15 is 0 Å². The summed E-state index contributed by atoms with van der Waals surface area (Å²) in [6.45, 7) is 4.92. The minimum atomic E-state index is -0.886. The van der Waals surface area contributed by atoms with Crippen LogP contribution in [0.1, 0.15) is 44.9 Å². The summed E-state index contributed by atoms with van der Waals surface area (Å²) in [5.74, 6) is 4.98. The number of nitrogens with zero attached hydrogens (tertiary/aromatic N) is 3. The fraction of sp³-hybridized carbons (Fsp3) is 0.792. The maximum atomic E-state index is 12.1. The molecule has 2 atom stereocenters. The van der Waals surface area contributed by atoms with E-state index in [9.17, 15) is 19.5 Å². The van der Waals surface area contributed by atoms with Gasteiger partial charge in [-0.25, -0.2) is 0 Å². The van der Waals surface area contributed by atoms with Gasteiger partial charge in [-0.15, -0.1) is 5.92 Å². The van der Waals surface area contributed by atoms with Crippen molar-refractivity contribution < 1.29 is 29.0 Å². The Morgan fingerprint density at radius 3 is 2.79 bits per heavy atom. The van der Waals surface area contributed by atoms with Crippen LogP contribution in [0.5, 0.6) is 0 Å². The highest BCUT2D eigenvalue weighted by Crippen LogP contribution is 2.15. The zero-order valence-corrected chi connectivity index (χ0v) is 20.0. The van der Waals surface area contributed by atoms with E-state index in [2.05, 4.69) is 22.1 Å². The summed E-state index contributed by atoms with van der Waals surface area (Å²) in [6.07, 6.45) is 6.43. The number of aliphatic carboxylic acids is 1. The van der Waals surface area contributed by atoms with Crippen molar-refractivity contribution in [3.05, 3.63) is 0 Å². The molecule has 0 aromatic rings. The van der Waals surface area contributed by atoms with Gasteiger partial charge in [-0.2, -0.15) is 0 Å². The lowest BCUT2D eigenvalue weighted by Gasteiger charge is -2.25. The molecule has 2 fully saturated rings. The minimum Gasteiger partial charge on any atom is -0.480 e. The fourth-order valence-corrected chi connectivity index (χ4v) is 4.46. The largest absolute Gasteiger partial charge is 0.480 e. The highest BCUT2D eigenvalue weighted by Gasteiger charge is 2.34. The van der Waals surface area contributed by atoms with E-state index in [4.69, 9.17) is 9.47 Å². The Morgan fingerprint density at radius 1 is 1.12 bits per heavy atom. The van der Waals surface area contributed by atoms with Crippen molar-refractivity contribution in [3.8, 4) is 11.8 Å². The first-order valence-electron chi connectivity index (χ1n) is 12.5. The molecule has 0 radical (unpaired) electrons. The third-order valence-electron chi connectivity index (χ3n) is 6.39. The molecule has 2 N–H and O–H groups in total. The fourth-order valence-electron chi connectivity index (χ4n) is 4.46. The molecule has 34 heavy (non-hydrogen) atoms. The third-order valence-corrected chi connectivity index (χ3v) is 6.39. The van der Waals surface area contributed by atoms with E-state index in [1.54, 1.807) is 0 Å². The van der Waals surface area contributed by atoms with Crippen molar-refractivity contribution in [2.24, 2.45) is 0 Å². The molecule has 1 aliphatic carbocycles. The van der Waals surface area contributed by atoms with Gasteiger partial charge in [0.25, 0.3) is 0 Å². The van der Waals surface area contributed by atoms with Crippen LogP contribution in [0.4, 0.5) is 0 Å². The lowest BCUT2D eigenvalue weighted by atomic mass is 10.1. The van der Waals surface area contributed by atoms with Crippen molar-refractivity contribution in [2.75, 3.05) is 65.5 Å². The first-order valence-corrected chi connectivity index (χ1v) is 12.5. The summed E-state index contributed by atoms with van der Waals surface area (Å²) >= 11 is 0. The van der Waals surface area contributed by atoms with Crippen molar-refractivity contribution in [1.82, 2.24) is 20.0 Å². The highest BCUT2D eigenvalue weighted by atomic mass is 16.6. The van der Waals surface area contributed by atoms with Gasteiger partial charge in [-0.3, -0.25) is 24.2 Å². The molecule has 2 heterocycles. The average Bonchev–Trinajstić information content (AvgIpc) is 3.14. The summed E-state index contributed by atoms with van der Waals surface area (Å²) in [5, 5.41) is 12.1. The van der Waals surface area contributed by atoms with Gasteiger partial charge in [0.15, 0.2) is 6.23 Å². The molecule has 10 nitrogen and oxygen atoms in total. The van der Waals surface area contributed by atoms with Gasteiger partial charge in [-0.1, -0.05) is 12.3 Å². The topological polar surface area (TPSA) is 112 Å². The van der Waals surface area contributed by atoms with Gasteiger partial charge < -0.3 is 24.8 Å². The first-order chi connectivity index (χ1) is 16.5. The Bertz CT molecular complexity index is 751. The van der Waals surface area contributed by atoms with Crippen LogP contribution in [-0.2, 0) is 23.9 Å². The van der Waals surface area contributed by atoms with Crippen molar-refractivity contribution >= 4 is 17.8 Å². The number of unbranched alkanes of at least 4 members (excludes halogenated alkanes) is 1. The van der Waals surface area contributed by atoms with Crippen molar-refractivity contribution in [1.29, 1.82) is 0 Å². The van der Waals surface area contributed by atoms with Gasteiger partial charge in [0, 0.05) is 39.1 Å². The van der Waals surface area contributed by atoms with E-state index in [-0.39, 0.29) is 43.9 Å². The predicted molar refractivity (Wildman–Crippen MR) is 125 cm³/mol. The molecule has 0 aromatic heterocycles. The summed E-state index contributed by atoms with van der Waals surface area (Å²) < 4.78 is 11.1. The van der Waals surface area contributed by atoms with Crippen LogP contribution in [0.15, 0.2) is 0 Å². The molecule has 2 saturated heterocycles. The zero-order valence-electron chi connectivity index (χ0n) is 20.0. The molecule has 10 heteroatoms. The molecule has 0 spiro atoms. The van der Waals surface area contributed by atoms with Crippen LogP contribution < -0.4 is 5.32 Å². The summed E-state index contributed by atoms with van der Waals surface area (Å²) in [7, 11) is 0. The van der Waals surface area contributed by atoms with E-state index < -0.39 is 5.97 Å². The van der Waals surface area contributed by atoms with Crippen LogP contribution in [-0.4, -0.2) is 115 Å². The van der Waals surface area contributed by atoms with Crippen LogP contribution in [0.2, 0.25) is 0 Å². The molecule has 0 aromatic carbocycles. The Labute approximate surface area is 201 Å². The number of hydrogen-bond donors (Lipinski definition) is 2. The van der Waals surface area contributed by atoms with Gasteiger partial charge in [0.05, 0.1) is 19.6 Å². The molecule has 3 aliphatic rings. The molecular formula is C24H38N4O6. The second-order valence-electron chi connectivity index (χ2n) is 9.16. The number of fused-ring (bicyclic) bond motifs is 1. The number of carbonyl (C=O) groups excluding carboxylic acids is 2. The number of rotatable bonds is 10. The number of ether oxygens (including phenoxy) is 2. The smallest absolute Gasteiger partial charge is 0.321 e. The summed E-state index contributed by atoms with van der Waals surface area (Å²) in [5.41, 5.74) is 0. The number of esters is 1. The number of carboxylic acids is 1. The maximum absolute atomic E-state index is 12.1. The lowest BCUT2D eigenvalue weighted by molar-refractivity contribution is -0.143. The molecular weight excluding hydrogens is 440 g/mol.